The largest absolute Gasteiger partial charge is 0.380 e. The van der Waals surface area contributed by atoms with Crippen molar-refractivity contribution in [3.8, 4) is 0 Å². The number of ether oxygens (including phenoxy) is 1. The lowest BCUT2D eigenvalue weighted by atomic mass is 10.1. The number of nitrogens with one attached hydrogen (secondary N) is 1. The molecule has 0 saturated heterocycles. The maximum absolute atomic E-state index is 5.86. The van der Waals surface area contributed by atoms with Crippen LogP contribution in [0, 0.1) is 0 Å². The van der Waals surface area contributed by atoms with Crippen molar-refractivity contribution in [1.29, 1.82) is 0 Å². The number of hydrogen-bond donors (Lipinski definition) is 2. The molecule has 0 aliphatic heterocycles. The van der Waals surface area contributed by atoms with Gasteiger partial charge in [0.15, 0.2) is 0 Å². The summed E-state index contributed by atoms with van der Waals surface area (Å²) in [6.45, 7) is 6.13. The van der Waals surface area contributed by atoms with Crippen molar-refractivity contribution in [2.75, 3.05) is 20.2 Å². The van der Waals surface area contributed by atoms with Crippen LogP contribution in [0.4, 0.5) is 0 Å². The highest BCUT2D eigenvalue weighted by molar-refractivity contribution is 4.63. The second-order valence-electron chi connectivity index (χ2n) is 3.59. The molecule has 2 atom stereocenters. The lowest BCUT2D eigenvalue weighted by Gasteiger charge is -2.13. The van der Waals surface area contributed by atoms with Crippen LogP contribution in [0.15, 0.2) is 0 Å². The average molecular weight is 188 g/mol. The normalized spacial score (nSPS) is 15.7. The van der Waals surface area contributed by atoms with Crippen LogP contribution in [0.2, 0.25) is 0 Å². The van der Waals surface area contributed by atoms with Gasteiger partial charge in [0.2, 0.25) is 0 Å². The molecule has 0 aliphatic rings. The standard InChI is InChI=1S/C10H24N2O/c1-4-5-10(11)6-7-12-8-9(2)13-3/h9-10,12H,4-8,11H2,1-3H3. The summed E-state index contributed by atoms with van der Waals surface area (Å²) in [6.07, 6.45) is 3.66. The molecule has 0 fully saturated rings. The van der Waals surface area contributed by atoms with E-state index in [9.17, 15) is 0 Å². The quantitative estimate of drug-likeness (QED) is 0.561. The molecule has 0 aliphatic carbocycles. The smallest absolute Gasteiger partial charge is 0.0667 e. The van der Waals surface area contributed by atoms with E-state index in [1.807, 2.05) is 0 Å². The molecule has 0 aromatic rings. The van der Waals surface area contributed by atoms with E-state index in [0.29, 0.717) is 12.1 Å². The molecule has 0 bridgehead atoms. The molecule has 3 nitrogen and oxygen atoms in total. The van der Waals surface area contributed by atoms with Crippen molar-refractivity contribution >= 4 is 0 Å². The summed E-state index contributed by atoms with van der Waals surface area (Å²) < 4.78 is 5.11. The van der Waals surface area contributed by atoms with Crippen LogP contribution in [-0.4, -0.2) is 32.3 Å². The van der Waals surface area contributed by atoms with Gasteiger partial charge in [-0.05, 0) is 26.3 Å². The molecule has 3 heteroatoms. The predicted octanol–water partition coefficient (Wildman–Crippen LogP) is 1.13. The van der Waals surface area contributed by atoms with Gasteiger partial charge in [-0.15, -0.1) is 0 Å². The number of nitrogens with two attached hydrogens (primary N) is 1. The third-order valence-corrected chi connectivity index (χ3v) is 2.19. The lowest BCUT2D eigenvalue weighted by Crippen LogP contribution is -2.31. The summed E-state index contributed by atoms with van der Waals surface area (Å²) in [4.78, 5) is 0. The van der Waals surface area contributed by atoms with E-state index < -0.39 is 0 Å². The summed E-state index contributed by atoms with van der Waals surface area (Å²) in [7, 11) is 1.73. The molecule has 13 heavy (non-hydrogen) atoms. The molecule has 0 amide bonds. The molecule has 0 radical (unpaired) electrons. The Hall–Kier alpha value is -0.120. The highest BCUT2D eigenvalue weighted by atomic mass is 16.5. The van der Waals surface area contributed by atoms with Gasteiger partial charge in [0.25, 0.3) is 0 Å². The first-order chi connectivity index (χ1) is 6.20. The Kier molecular flexibility index (Phi) is 8.40. The number of hydrogen-bond acceptors (Lipinski definition) is 3. The minimum absolute atomic E-state index is 0.294. The van der Waals surface area contributed by atoms with Crippen molar-refractivity contribution in [3.63, 3.8) is 0 Å². The fraction of sp³-hybridized carbons (Fsp3) is 1.00. The molecule has 3 N–H and O–H groups in total. The first kappa shape index (κ1) is 12.9. The number of methoxy groups -OCH3 is 1. The molecular formula is C10H24N2O. The lowest BCUT2D eigenvalue weighted by molar-refractivity contribution is 0.117. The summed E-state index contributed by atoms with van der Waals surface area (Å²) in [5.41, 5.74) is 5.86. The van der Waals surface area contributed by atoms with Crippen LogP contribution >= 0.6 is 0 Å². The van der Waals surface area contributed by atoms with E-state index in [1.54, 1.807) is 7.11 Å². The maximum Gasteiger partial charge on any atom is 0.0667 e. The van der Waals surface area contributed by atoms with Gasteiger partial charge in [-0.2, -0.15) is 0 Å². The van der Waals surface area contributed by atoms with E-state index in [4.69, 9.17) is 10.5 Å². The van der Waals surface area contributed by atoms with Gasteiger partial charge in [0.1, 0.15) is 0 Å². The van der Waals surface area contributed by atoms with Crippen LogP contribution in [0.1, 0.15) is 33.1 Å². The minimum Gasteiger partial charge on any atom is -0.380 e. The van der Waals surface area contributed by atoms with E-state index in [2.05, 4.69) is 19.2 Å². The van der Waals surface area contributed by atoms with Crippen LogP contribution in [0.3, 0.4) is 0 Å². The van der Waals surface area contributed by atoms with Crippen molar-refractivity contribution in [3.05, 3.63) is 0 Å². The van der Waals surface area contributed by atoms with Gasteiger partial charge < -0.3 is 15.8 Å². The molecule has 2 unspecified atom stereocenters. The summed E-state index contributed by atoms with van der Waals surface area (Å²) in [5, 5.41) is 3.32. The Morgan fingerprint density at radius 2 is 2.08 bits per heavy atom. The van der Waals surface area contributed by atoms with E-state index in [-0.39, 0.29) is 0 Å². The van der Waals surface area contributed by atoms with E-state index in [1.165, 1.54) is 6.42 Å². The molecule has 0 heterocycles. The number of rotatable bonds is 8. The second-order valence-corrected chi connectivity index (χ2v) is 3.59. The van der Waals surface area contributed by atoms with Crippen molar-refractivity contribution < 1.29 is 4.74 Å². The third kappa shape index (κ3) is 8.22. The SMILES string of the molecule is CCCC(N)CCNCC(C)OC. The van der Waals surface area contributed by atoms with Gasteiger partial charge in [0, 0.05) is 19.7 Å². The molecule has 0 aromatic heterocycles. The molecule has 0 spiro atoms. The summed E-state index contributed by atoms with van der Waals surface area (Å²) in [5.74, 6) is 0. The zero-order valence-electron chi connectivity index (χ0n) is 9.18. The van der Waals surface area contributed by atoms with Crippen LogP contribution < -0.4 is 11.1 Å². The Bertz CT molecular complexity index is 109. The maximum atomic E-state index is 5.86. The Morgan fingerprint density at radius 3 is 2.62 bits per heavy atom. The third-order valence-electron chi connectivity index (χ3n) is 2.19. The first-order valence-corrected chi connectivity index (χ1v) is 5.19. The average Bonchev–Trinajstić information content (AvgIpc) is 2.12. The zero-order valence-corrected chi connectivity index (χ0v) is 9.18. The van der Waals surface area contributed by atoms with Gasteiger partial charge in [0.05, 0.1) is 6.10 Å². The molecule has 0 rings (SSSR count). The molecule has 0 aromatic carbocycles. The summed E-state index contributed by atoms with van der Waals surface area (Å²) in [6, 6.07) is 0.357. The van der Waals surface area contributed by atoms with Gasteiger partial charge in [-0.25, -0.2) is 0 Å². The monoisotopic (exact) mass is 188 g/mol. The van der Waals surface area contributed by atoms with E-state index >= 15 is 0 Å². The summed E-state index contributed by atoms with van der Waals surface area (Å²) >= 11 is 0. The van der Waals surface area contributed by atoms with Crippen LogP contribution in [0.25, 0.3) is 0 Å². The Labute approximate surface area is 82.0 Å². The fourth-order valence-electron chi connectivity index (χ4n) is 1.19. The van der Waals surface area contributed by atoms with Crippen LogP contribution in [-0.2, 0) is 4.74 Å². The Balaban J connectivity index is 3.15. The molecular weight excluding hydrogens is 164 g/mol. The van der Waals surface area contributed by atoms with E-state index in [0.717, 1.165) is 25.9 Å². The fourth-order valence-corrected chi connectivity index (χ4v) is 1.19. The first-order valence-electron chi connectivity index (χ1n) is 5.19. The molecule has 0 saturated carbocycles. The van der Waals surface area contributed by atoms with Crippen LogP contribution in [0.5, 0.6) is 0 Å². The van der Waals surface area contributed by atoms with Crippen molar-refractivity contribution in [1.82, 2.24) is 5.32 Å². The molecule has 80 valence electrons. The van der Waals surface area contributed by atoms with Crippen molar-refractivity contribution in [2.24, 2.45) is 5.73 Å². The van der Waals surface area contributed by atoms with Gasteiger partial charge >= 0.3 is 0 Å². The van der Waals surface area contributed by atoms with Crippen molar-refractivity contribution in [2.45, 2.75) is 45.3 Å². The Morgan fingerprint density at radius 1 is 1.38 bits per heavy atom. The van der Waals surface area contributed by atoms with Gasteiger partial charge in [-0.3, -0.25) is 0 Å². The topological polar surface area (TPSA) is 47.3 Å². The predicted molar refractivity (Wildman–Crippen MR) is 56.8 cm³/mol. The highest BCUT2D eigenvalue weighted by Crippen LogP contribution is 1.96. The second kappa shape index (κ2) is 8.48. The van der Waals surface area contributed by atoms with Gasteiger partial charge in [-0.1, -0.05) is 13.3 Å². The highest BCUT2D eigenvalue weighted by Gasteiger charge is 2.01. The minimum atomic E-state index is 0.294. The zero-order chi connectivity index (χ0) is 10.1.